The molecular weight excluding hydrogens is 427 g/mol. The Hall–Kier alpha value is -3.17. The van der Waals surface area contributed by atoms with Crippen LogP contribution in [0.3, 0.4) is 0 Å². The number of carbonyl (C=O) groups excluding carboxylic acids is 1. The van der Waals surface area contributed by atoms with E-state index < -0.39 is 12.1 Å². The highest BCUT2D eigenvalue weighted by molar-refractivity contribution is 6.30. The number of hydrogen-bond donors (Lipinski definition) is 0. The van der Waals surface area contributed by atoms with Crippen LogP contribution in [0.2, 0.25) is 10.0 Å². The highest BCUT2D eigenvalue weighted by Crippen LogP contribution is 2.24. The highest BCUT2D eigenvalue weighted by atomic mass is 35.5. The summed E-state index contributed by atoms with van der Waals surface area (Å²) in [6, 6.07) is 13.1. The first-order valence-corrected chi connectivity index (χ1v) is 9.83. The first-order valence-electron chi connectivity index (χ1n) is 9.07. The predicted molar refractivity (Wildman–Crippen MR) is 109 cm³/mol. The zero-order chi connectivity index (χ0) is 20.9. The van der Waals surface area contributed by atoms with Crippen LogP contribution in [-0.4, -0.2) is 46.2 Å². The quantitative estimate of drug-likeness (QED) is 0.413. The number of hydrogen-bond acceptors (Lipinski definition) is 7. The van der Waals surface area contributed by atoms with Crippen LogP contribution in [0.1, 0.15) is 23.2 Å². The van der Waals surface area contributed by atoms with Crippen molar-refractivity contribution in [3.8, 4) is 0 Å². The molecule has 0 aliphatic rings. The van der Waals surface area contributed by atoms with Crippen molar-refractivity contribution in [3.63, 3.8) is 0 Å². The molecular formula is C19H16Cl2N8O. The Kier molecular flexibility index (Phi) is 6.10. The second kappa shape index (κ2) is 9.10. The van der Waals surface area contributed by atoms with Gasteiger partial charge < -0.3 is 0 Å². The van der Waals surface area contributed by atoms with Crippen molar-refractivity contribution in [1.29, 1.82) is 0 Å². The fourth-order valence-corrected chi connectivity index (χ4v) is 3.39. The van der Waals surface area contributed by atoms with Crippen molar-refractivity contribution < 1.29 is 4.79 Å². The summed E-state index contributed by atoms with van der Waals surface area (Å²) < 4.78 is 0. The summed E-state index contributed by atoms with van der Waals surface area (Å²) in [6.07, 6.45) is 3.31. The van der Waals surface area contributed by atoms with E-state index in [0.717, 1.165) is 11.1 Å². The van der Waals surface area contributed by atoms with Crippen LogP contribution in [0.5, 0.6) is 0 Å². The van der Waals surface area contributed by atoms with Crippen molar-refractivity contribution in [2.75, 3.05) is 0 Å². The average Bonchev–Trinajstić information content (AvgIpc) is 3.47. The maximum absolute atomic E-state index is 13.7. The average molecular weight is 443 g/mol. The molecule has 30 heavy (non-hydrogen) atoms. The van der Waals surface area contributed by atoms with E-state index in [4.69, 9.17) is 23.2 Å². The van der Waals surface area contributed by atoms with E-state index in [0.29, 0.717) is 22.9 Å². The number of halogens is 2. The monoisotopic (exact) mass is 442 g/mol. The highest BCUT2D eigenvalue weighted by Gasteiger charge is 2.33. The molecule has 0 bridgehead atoms. The van der Waals surface area contributed by atoms with E-state index in [2.05, 4.69) is 30.8 Å². The Morgan fingerprint density at radius 2 is 1.13 bits per heavy atom. The molecule has 2 unspecified atom stereocenters. The Labute approximate surface area is 181 Å². The van der Waals surface area contributed by atoms with Gasteiger partial charge in [0.2, 0.25) is 0 Å². The largest absolute Gasteiger partial charge is 0.295 e. The Balaban J connectivity index is 1.66. The van der Waals surface area contributed by atoms with Gasteiger partial charge in [0.15, 0.2) is 18.4 Å². The Morgan fingerprint density at radius 3 is 1.47 bits per heavy atom. The maximum Gasteiger partial charge on any atom is 0.186 e. The molecule has 11 heteroatoms. The van der Waals surface area contributed by atoms with E-state index in [1.54, 1.807) is 24.3 Å². The third-order valence-corrected chi connectivity index (χ3v) is 5.13. The SMILES string of the molecule is O=C(C(Cc1ccc(Cl)cc1)n1ncnn1)C(Cc1ccc(Cl)cc1)n1ncnn1. The third-order valence-electron chi connectivity index (χ3n) is 4.63. The van der Waals surface area contributed by atoms with Crippen molar-refractivity contribution in [2.24, 2.45) is 0 Å². The van der Waals surface area contributed by atoms with Gasteiger partial charge >= 0.3 is 0 Å². The van der Waals surface area contributed by atoms with Gasteiger partial charge in [-0.05, 0) is 45.8 Å². The predicted octanol–water partition coefficient (Wildman–Crippen LogP) is 2.80. The van der Waals surface area contributed by atoms with Crippen LogP contribution in [0.4, 0.5) is 0 Å². The van der Waals surface area contributed by atoms with Crippen molar-refractivity contribution in [3.05, 3.63) is 82.4 Å². The van der Waals surface area contributed by atoms with Crippen molar-refractivity contribution in [2.45, 2.75) is 24.9 Å². The number of Topliss-reactive ketones (excluding diaryl/α,β-unsaturated/α-hetero) is 1. The fourth-order valence-electron chi connectivity index (χ4n) is 3.14. The smallest absolute Gasteiger partial charge is 0.186 e. The maximum atomic E-state index is 13.7. The molecule has 2 aromatic carbocycles. The summed E-state index contributed by atoms with van der Waals surface area (Å²) >= 11 is 12.0. The summed E-state index contributed by atoms with van der Waals surface area (Å²) in [5.41, 5.74) is 1.82. The minimum Gasteiger partial charge on any atom is -0.295 e. The number of tetrazole rings is 2. The van der Waals surface area contributed by atoms with Gasteiger partial charge in [0.1, 0.15) is 12.1 Å². The summed E-state index contributed by atoms with van der Waals surface area (Å²) in [5, 5.41) is 24.9. The number of carbonyl (C=O) groups is 1. The van der Waals surface area contributed by atoms with E-state index >= 15 is 0 Å². The number of ketones is 1. The molecule has 2 heterocycles. The number of rotatable bonds is 8. The van der Waals surface area contributed by atoms with Gasteiger partial charge in [-0.15, -0.1) is 20.4 Å². The summed E-state index contributed by atoms with van der Waals surface area (Å²) in [7, 11) is 0. The fraction of sp³-hybridized carbons (Fsp3) is 0.211. The molecule has 4 aromatic rings. The van der Waals surface area contributed by atoms with Crippen LogP contribution in [0, 0.1) is 0 Å². The van der Waals surface area contributed by atoms with Gasteiger partial charge in [-0.2, -0.15) is 9.59 Å². The van der Waals surface area contributed by atoms with Gasteiger partial charge in [0, 0.05) is 22.9 Å². The lowest BCUT2D eigenvalue weighted by atomic mass is 9.94. The molecule has 0 aliphatic carbocycles. The molecule has 0 saturated heterocycles. The molecule has 2 atom stereocenters. The number of aromatic nitrogens is 8. The van der Waals surface area contributed by atoms with Crippen molar-refractivity contribution >= 4 is 29.0 Å². The van der Waals surface area contributed by atoms with Gasteiger partial charge in [-0.1, -0.05) is 47.5 Å². The molecule has 0 N–H and O–H groups in total. The summed E-state index contributed by atoms with van der Waals surface area (Å²) in [5.74, 6) is -0.170. The van der Waals surface area contributed by atoms with E-state index in [9.17, 15) is 4.79 Å². The summed E-state index contributed by atoms with van der Waals surface area (Å²) in [6.45, 7) is 0. The van der Waals surface area contributed by atoms with Gasteiger partial charge in [-0.25, -0.2) is 0 Å². The lowest BCUT2D eigenvalue weighted by Gasteiger charge is -2.21. The molecule has 0 fully saturated rings. The number of benzene rings is 2. The molecule has 2 aromatic heterocycles. The zero-order valence-electron chi connectivity index (χ0n) is 15.6. The number of nitrogens with zero attached hydrogens (tertiary/aromatic N) is 8. The lowest BCUT2D eigenvalue weighted by Crippen LogP contribution is -2.33. The van der Waals surface area contributed by atoms with E-state index in [-0.39, 0.29) is 5.78 Å². The van der Waals surface area contributed by atoms with Crippen LogP contribution in [0.25, 0.3) is 0 Å². The Morgan fingerprint density at radius 1 is 0.733 bits per heavy atom. The Bertz CT molecular complexity index is 995. The van der Waals surface area contributed by atoms with Gasteiger partial charge in [0.05, 0.1) is 0 Å². The first-order chi connectivity index (χ1) is 14.6. The minimum atomic E-state index is -0.711. The summed E-state index contributed by atoms with van der Waals surface area (Å²) in [4.78, 5) is 16.3. The minimum absolute atomic E-state index is 0.170. The molecule has 0 saturated carbocycles. The molecule has 0 spiro atoms. The van der Waals surface area contributed by atoms with Crippen LogP contribution in [0.15, 0.2) is 61.2 Å². The standard InChI is InChI=1S/C19H16Cl2N8O/c20-15-5-1-13(2-6-15)9-17(28-24-11-22-26-28)19(30)18(29-25-12-23-27-29)10-14-3-7-16(21)8-4-14/h1-8,11-12,17-18H,9-10H2. The second-order valence-corrected chi connectivity index (χ2v) is 7.48. The van der Waals surface area contributed by atoms with Gasteiger partial charge in [-0.3, -0.25) is 4.79 Å². The second-order valence-electron chi connectivity index (χ2n) is 6.61. The normalized spacial score (nSPS) is 13.1. The lowest BCUT2D eigenvalue weighted by molar-refractivity contribution is -0.126. The topological polar surface area (TPSA) is 104 Å². The molecule has 4 rings (SSSR count). The van der Waals surface area contributed by atoms with Crippen LogP contribution in [-0.2, 0) is 17.6 Å². The van der Waals surface area contributed by atoms with E-state index in [1.165, 1.54) is 22.2 Å². The molecule has 152 valence electrons. The molecule has 0 amide bonds. The van der Waals surface area contributed by atoms with E-state index in [1.807, 2.05) is 24.3 Å². The first kappa shape index (κ1) is 20.1. The van der Waals surface area contributed by atoms with Crippen molar-refractivity contribution in [1.82, 2.24) is 40.4 Å². The zero-order valence-corrected chi connectivity index (χ0v) is 17.1. The van der Waals surface area contributed by atoms with Gasteiger partial charge in [0.25, 0.3) is 0 Å². The third kappa shape index (κ3) is 4.69. The van der Waals surface area contributed by atoms with Crippen LogP contribution >= 0.6 is 23.2 Å². The molecule has 0 aliphatic heterocycles. The molecule has 9 nitrogen and oxygen atoms in total. The van der Waals surface area contributed by atoms with Crippen LogP contribution < -0.4 is 0 Å². The molecule has 0 radical (unpaired) electrons.